The number of fused-ring (bicyclic) bond motifs is 2. The molecule has 8 nitrogen and oxygen atoms in total. The molecule has 2 saturated carbocycles. The Morgan fingerprint density at radius 3 is 1.96 bits per heavy atom. The molecule has 4 heterocycles. The molecule has 2 aromatic carbocycles. The summed E-state index contributed by atoms with van der Waals surface area (Å²) in [7, 11) is 0. The summed E-state index contributed by atoms with van der Waals surface area (Å²) in [5.74, 6) is 13.4. The van der Waals surface area contributed by atoms with Crippen molar-refractivity contribution in [2.75, 3.05) is 31.1 Å². The summed E-state index contributed by atoms with van der Waals surface area (Å²) < 4.78 is 38.1. The molecule has 4 atom stereocenters. The zero-order valence-corrected chi connectivity index (χ0v) is 25.1. The lowest BCUT2D eigenvalue weighted by Crippen LogP contribution is -2.24. The van der Waals surface area contributed by atoms with Gasteiger partial charge in [0.2, 0.25) is 11.6 Å². The van der Waals surface area contributed by atoms with Crippen molar-refractivity contribution in [3.63, 3.8) is 0 Å². The number of hydrogen-bond donors (Lipinski definition) is 1. The van der Waals surface area contributed by atoms with E-state index in [0.717, 1.165) is 62.4 Å². The van der Waals surface area contributed by atoms with E-state index in [1.165, 1.54) is 18.6 Å². The van der Waals surface area contributed by atoms with Gasteiger partial charge in [-0.3, -0.25) is 0 Å². The van der Waals surface area contributed by atoms with Crippen molar-refractivity contribution in [1.82, 2.24) is 25.3 Å². The molecule has 1 N–H and O–H groups in total. The third-order valence-electron chi connectivity index (χ3n) is 8.54. The minimum atomic E-state index is -0.717. The smallest absolute Gasteiger partial charge is 0.204 e. The molecule has 2 aromatic heterocycles. The molecule has 47 heavy (non-hydrogen) atoms. The van der Waals surface area contributed by atoms with Gasteiger partial charge in [0.05, 0.1) is 23.6 Å². The topological polar surface area (TPSA) is 95.0 Å². The van der Waals surface area contributed by atoms with Crippen LogP contribution in [0.1, 0.15) is 30.1 Å². The van der Waals surface area contributed by atoms with E-state index in [2.05, 4.69) is 58.7 Å². The summed E-state index contributed by atoms with van der Waals surface area (Å²) in [6.45, 7) is 10.2. The second-order valence-corrected chi connectivity index (χ2v) is 11.8. The first-order valence-corrected chi connectivity index (χ1v) is 14.9. The highest BCUT2D eigenvalue weighted by Crippen LogP contribution is 2.58. The van der Waals surface area contributed by atoms with Gasteiger partial charge < -0.3 is 10.2 Å². The zero-order chi connectivity index (χ0) is 32.9. The predicted octanol–water partition coefficient (Wildman–Crippen LogP) is 5.32. The van der Waals surface area contributed by atoms with Gasteiger partial charge in [-0.05, 0) is 85.5 Å². The number of anilines is 1. The van der Waals surface area contributed by atoms with Gasteiger partial charge in [-0.2, -0.15) is 5.26 Å². The Morgan fingerprint density at radius 2 is 1.40 bits per heavy atom. The number of nitrogens with zero attached hydrogens (tertiary/aromatic N) is 7. The molecule has 8 rings (SSSR count). The van der Waals surface area contributed by atoms with Crippen LogP contribution < -0.4 is 10.2 Å². The maximum Gasteiger partial charge on any atom is 0.204 e. The maximum absolute atomic E-state index is 13.6. The Kier molecular flexibility index (Phi) is 8.85. The Balaban J connectivity index is 0.000000137. The second kappa shape index (κ2) is 13.3. The molecule has 0 amide bonds. The number of aromatic nitrogens is 4. The number of nitrogens with one attached hydrogen (secondary N) is 1. The molecule has 0 bridgehead atoms. The van der Waals surface area contributed by atoms with E-state index >= 15 is 0 Å². The van der Waals surface area contributed by atoms with Gasteiger partial charge in [0.15, 0.2) is 5.69 Å². The number of halogens is 3. The van der Waals surface area contributed by atoms with E-state index < -0.39 is 11.6 Å². The molecule has 4 unspecified atom stereocenters. The van der Waals surface area contributed by atoms with Crippen molar-refractivity contribution < 1.29 is 13.2 Å². The quantitative estimate of drug-likeness (QED) is 0.225. The molecule has 232 valence electrons. The van der Waals surface area contributed by atoms with E-state index in [9.17, 15) is 13.2 Å². The lowest BCUT2D eigenvalue weighted by atomic mass is 10.1. The Labute approximate surface area is 270 Å². The summed E-state index contributed by atoms with van der Waals surface area (Å²) >= 11 is 0. The van der Waals surface area contributed by atoms with Gasteiger partial charge in [0, 0.05) is 61.6 Å². The van der Waals surface area contributed by atoms with Crippen molar-refractivity contribution in [3.8, 4) is 29.8 Å². The molecular weight excluding hydrogens is 601 g/mol. The summed E-state index contributed by atoms with van der Waals surface area (Å²) in [6, 6.07) is 12.7. The fourth-order valence-electron chi connectivity index (χ4n) is 5.92. The van der Waals surface area contributed by atoms with Crippen molar-refractivity contribution in [1.29, 1.82) is 5.26 Å². The summed E-state index contributed by atoms with van der Waals surface area (Å²) in [6.07, 6.45) is 9.12. The number of piperidine rings is 2. The van der Waals surface area contributed by atoms with Crippen molar-refractivity contribution in [3.05, 3.63) is 119 Å². The van der Waals surface area contributed by atoms with Gasteiger partial charge in [0.1, 0.15) is 17.5 Å². The third kappa shape index (κ3) is 7.56. The monoisotopic (exact) mass is 628 g/mol. The van der Waals surface area contributed by atoms with Crippen LogP contribution in [0, 0.1) is 81.7 Å². The third-order valence-corrected chi connectivity index (χ3v) is 8.54. The zero-order valence-electron chi connectivity index (χ0n) is 25.1. The van der Waals surface area contributed by atoms with Crippen molar-refractivity contribution >= 4 is 11.4 Å². The minimum absolute atomic E-state index is 0.0162. The fourth-order valence-corrected chi connectivity index (χ4v) is 5.92. The normalized spacial score (nSPS) is 23.6. The molecule has 4 aromatic rings. The van der Waals surface area contributed by atoms with Crippen LogP contribution in [0.3, 0.4) is 0 Å². The lowest BCUT2D eigenvalue weighted by Gasteiger charge is -2.21. The van der Waals surface area contributed by atoms with Crippen LogP contribution in [0.5, 0.6) is 0 Å². The standard InChI is InChI=1S/C18H13FN4.C11H11N3.C7H3F2N/c19-15-6-13(10-20)7-16(8-15)23-11-14-9-18(14,12-23)3-2-17-21-4-1-5-22-17;1-4-13-10(14-5-1)2-3-11-6-9(11)7-12-8-11;1-10-7-3-5(8)2-6(9)4-7/h1,4-8,14H,9,11-12H2;1,4-5,9,12H,6-8H2;2-4H. The van der Waals surface area contributed by atoms with Crippen LogP contribution in [0.4, 0.5) is 24.5 Å². The predicted molar refractivity (Wildman–Crippen MR) is 168 cm³/mol. The fraction of sp³-hybridized carbons (Fsp3) is 0.278. The van der Waals surface area contributed by atoms with Crippen LogP contribution in [0.25, 0.3) is 4.85 Å². The van der Waals surface area contributed by atoms with Crippen molar-refractivity contribution in [2.45, 2.75) is 12.8 Å². The van der Waals surface area contributed by atoms with Gasteiger partial charge in [-0.1, -0.05) is 11.8 Å². The first-order chi connectivity index (χ1) is 22.8. The molecular formula is C36H27F3N8. The SMILES string of the molecule is C(#CC12CNCC1C2)c1ncccn1.N#Cc1cc(F)cc(N2CC3CC3(C#Cc3ncccn3)C2)c1.[C-]#[N+]c1cc(F)cc(F)c1. The largest absolute Gasteiger partial charge is 0.370 e. The van der Waals surface area contributed by atoms with Gasteiger partial charge in [-0.15, -0.1) is 0 Å². The van der Waals surface area contributed by atoms with Gasteiger partial charge in [-0.25, -0.2) is 38.0 Å². The van der Waals surface area contributed by atoms with Crippen LogP contribution in [-0.4, -0.2) is 46.1 Å². The lowest BCUT2D eigenvalue weighted by molar-refractivity contribution is 0.584. The highest BCUT2D eigenvalue weighted by Gasteiger charge is 2.59. The average Bonchev–Trinajstić information content (AvgIpc) is 3.87. The average molecular weight is 629 g/mol. The van der Waals surface area contributed by atoms with Gasteiger partial charge in [0.25, 0.3) is 0 Å². The summed E-state index contributed by atoms with van der Waals surface area (Å²) in [4.78, 5) is 21.4. The Bertz CT molecular complexity index is 1970. The van der Waals surface area contributed by atoms with E-state index in [1.807, 2.05) is 6.07 Å². The molecule has 0 spiro atoms. The van der Waals surface area contributed by atoms with E-state index in [4.69, 9.17) is 11.8 Å². The van der Waals surface area contributed by atoms with Crippen LogP contribution in [0.15, 0.2) is 73.3 Å². The second-order valence-electron chi connectivity index (χ2n) is 11.8. The van der Waals surface area contributed by atoms with Crippen LogP contribution in [0.2, 0.25) is 0 Å². The van der Waals surface area contributed by atoms with E-state index in [0.29, 0.717) is 23.1 Å². The van der Waals surface area contributed by atoms with E-state index in [1.54, 1.807) is 43.0 Å². The van der Waals surface area contributed by atoms with Crippen molar-refractivity contribution in [2.24, 2.45) is 22.7 Å². The molecule has 2 saturated heterocycles. The highest BCUT2D eigenvalue weighted by atomic mass is 19.1. The van der Waals surface area contributed by atoms with E-state index in [-0.39, 0.29) is 22.3 Å². The summed E-state index contributed by atoms with van der Waals surface area (Å²) in [5, 5.41) is 12.3. The number of rotatable bonds is 1. The minimum Gasteiger partial charge on any atom is -0.370 e. The number of hydrogen-bond acceptors (Lipinski definition) is 7. The molecule has 4 fully saturated rings. The van der Waals surface area contributed by atoms with Crippen LogP contribution in [-0.2, 0) is 0 Å². The molecule has 2 aliphatic heterocycles. The van der Waals surface area contributed by atoms with Gasteiger partial charge >= 0.3 is 0 Å². The number of nitriles is 1. The Hall–Kier alpha value is -5.75. The maximum atomic E-state index is 13.6. The molecule has 11 heteroatoms. The molecule has 2 aliphatic carbocycles. The first kappa shape index (κ1) is 31.2. The number of benzene rings is 2. The molecule has 0 radical (unpaired) electrons. The molecule has 4 aliphatic rings. The first-order valence-electron chi connectivity index (χ1n) is 14.9. The highest BCUT2D eigenvalue weighted by molar-refractivity contribution is 5.55. The van der Waals surface area contributed by atoms with Crippen LogP contribution >= 0.6 is 0 Å². The summed E-state index contributed by atoms with van der Waals surface area (Å²) in [5.41, 5.74) is 1.30. The Morgan fingerprint density at radius 1 is 0.809 bits per heavy atom.